The molecule has 54 valence electrons. The van der Waals surface area contributed by atoms with Crippen LogP contribution >= 0.6 is 0 Å². The second kappa shape index (κ2) is 3.03. The molecule has 0 heterocycles. The van der Waals surface area contributed by atoms with E-state index in [0.29, 0.717) is 0 Å². The molecule has 2 heteroatoms. The van der Waals surface area contributed by atoms with E-state index in [1.54, 1.807) is 0 Å². The van der Waals surface area contributed by atoms with Gasteiger partial charge >= 0.3 is 76.9 Å². The first-order chi connectivity index (χ1) is 5.02. The number of hydrogen-bond acceptors (Lipinski definition) is 1. The standard InChI is InChI=1S/C9H12N.Li/c1-9(2,10)8-6-4-3-5-7-8;/h3-6H,10H2,1-2H3;. The monoisotopic (exact) mass is 141 g/mol. The summed E-state index contributed by atoms with van der Waals surface area (Å²) in [6.45, 7) is 4.05. The van der Waals surface area contributed by atoms with E-state index in [4.69, 9.17) is 5.73 Å². The molecular formula is C9H12LiN. The Morgan fingerprint density at radius 3 is 2.18 bits per heavy atom. The summed E-state index contributed by atoms with van der Waals surface area (Å²) in [6.07, 6.45) is 0. The summed E-state index contributed by atoms with van der Waals surface area (Å²) in [5.41, 5.74) is 6.96. The molecule has 2 N–H and O–H groups in total. The first kappa shape index (κ1) is 8.87. The summed E-state index contributed by atoms with van der Waals surface area (Å²) in [4.78, 5) is 0. The van der Waals surface area contributed by atoms with Gasteiger partial charge < -0.3 is 0 Å². The molecule has 0 radical (unpaired) electrons. The van der Waals surface area contributed by atoms with E-state index in [2.05, 4.69) is 29.8 Å². The van der Waals surface area contributed by atoms with Crippen molar-refractivity contribution in [2.45, 2.75) is 19.4 Å². The normalized spacial score (nSPS) is 11.7. The molecule has 0 saturated carbocycles. The molecule has 0 aromatic heterocycles. The number of benzene rings is 1. The van der Waals surface area contributed by atoms with Crippen molar-refractivity contribution in [2.24, 2.45) is 5.73 Å². The Hall–Kier alpha value is -0.223. The van der Waals surface area contributed by atoms with Crippen molar-refractivity contribution in [2.75, 3.05) is 0 Å². The van der Waals surface area contributed by atoms with Crippen molar-refractivity contribution in [1.29, 1.82) is 0 Å². The fourth-order valence-corrected chi connectivity index (χ4v) is 1.30. The van der Waals surface area contributed by atoms with Crippen molar-refractivity contribution in [3.05, 3.63) is 29.8 Å². The predicted molar refractivity (Wildman–Crippen MR) is 49.0 cm³/mol. The third-order valence-electron chi connectivity index (χ3n) is 1.84. The Morgan fingerprint density at radius 1 is 1.27 bits per heavy atom. The van der Waals surface area contributed by atoms with Crippen LogP contribution in [0, 0.1) is 0 Å². The zero-order valence-electron chi connectivity index (χ0n) is 7.39. The molecule has 0 atom stereocenters. The van der Waals surface area contributed by atoms with Gasteiger partial charge in [0.05, 0.1) is 0 Å². The van der Waals surface area contributed by atoms with Crippen molar-refractivity contribution in [3.8, 4) is 0 Å². The molecule has 1 aromatic rings. The van der Waals surface area contributed by atoms with Crippen LogP contribution in [0.1, 0.15) is 19.4 Å². The molecule has 0 aliphatic heterocycles. The Morgan fingerprint density at radius 2 is 1.82 bits per heavy atom. The molecule has 0 amide bonds. The van der Waals surface area contributed by atoms with Gasteiger partial charge in [-0.1, -0.05) is 0 Å². The average molecular weight is 141 g/mol. The molecule has 0 bridgehead atoms. The Balaban J connectivity index is 3.14. The maximum absolute atomic E-state index is 5.96. The van der Waals surface area contributed by atoms with Crippen molar-refractivity contribution in [3.63, 3.8) is 0 Å². The Labute approximate surface area is 77.2 Å². The minimum atomic E-state index is -0.217. The van der Waals surface area contributed by atoms with E-state index in [0.717, 1.165) is 0 Å². The minimum absolute atomic E-state index is 0.217. The second-order valence-corrected chi connectivity index (χ2v) is 3.54. The molecule has 0 saturated heterocycles. The summed E-state index contributed by atoms with van der Waals surface area (Å²) in [6, 6.07) is 8.22. The molecule has 0 aliphatic rings. The van der Waals surface area contributed by atoms with Crippen molar-refractivity contribution >= 4 is 22.0 Å². The molecular weight excluding hydrogens is 129 g/mol. The van der Waals surface area contributed by atoms with Crippen LogP contribution in [0.3, 0.4) is 0 Å². The maximum atomic E-state index is 5.96. The molecule has 0 unspecified atom stereocenters. The summed E-state index contributed by atoms with van der Waals surface area (Å²) < 4.78 is 1.26. The molecule has 0 aliphatic carbocycles. The first-order valence-electron chi connectivity index (χ1n) is 3.87. The van der Waals surface area contributed by atoms with Crippen molar-refractivity contribution < 1.29 is 0 Å². The van der Waals surface area contributed by atoms with Crippen LogP contribution in [0.25, 0.3) is 0 Å². The molecule has 0 fully saturated rings. The van der Waals surface area contributed by atoms with Crippen LogP contribution in [-0.2, 0) is 5.54 Å². The van der Waals surface area contributed by atoms with Gasteiger partial charge in [-0.2, -0.15) is 0 Å². The number of hydrogen-bond donors (Lipinski definition) is 1. The van der Waals surface area contributed by atoms with Gasteiger partial charge in [-0.15, -0.1) is 0 Å². The Kier molecular flexibility index (Phi) is 2.44. The summed E-state index contributed by atoms with van der Waals surface area (Å²) in [7, 11) is 0. The van der Waals surface area contributed by atoms with Crippen LogP contribution in [0.15, 0.2) is 24.3 Å². The Bertz CT molecular complexity index is 250. The zero-order valence-corrected chi connectivity index (χ0v) is 7.39. The van der Waals surface area contributed by atoms with E-state index in [9.17, 15) is 0 Å². The molecule has 0 spiro atoms. The summed E-state index contributed by atoms with van der Waals surface area (Å²) in [5.74, 6) is 0. The van der Waals surface area contributed by atoms with E-state index in [1.807, 2.05) is 26.0 Å². The van der Waals surface area contributed by atoms with Gasteiger partial charge in [-0.3, -0.25) is 0 Å². The van der Waals surface area contributed by atoms with Crippen LogP contribution in [0.4, 0.5) is 0 Å². The topological polar surface area (TPSA) is 26.0 Å². The molecule has 1 nitrogen and oxygen atoms in total. The van der Waals surface area contributed by atoms with Gasteiger partial charge in [0.15, 0.2) is 0 Å². The van der Waals surface area contributed by atoms with E-state index in [1.165, 1.54) is 9.80 Å². The van der Waals surface area contributed by atoms with Gasteiger partial charge in [-0.25, -0.2) is 0 Å². The fourth-order valence-electron chi connectivity index (χ4n) is 1.30. The van der Waals surface area contributed by atoms with Gasteiger partial charge in [0, 0.05) is 0 Å². The SMILES string of the molecule is [Li][c]1ccccc1C(C)(C)N. The van der Waals surface area contributed by atoms with Crippen LogP contribution in [0.5, 0.6) is 0 Å². The molecule has 11 heavy (non-hydrogen) atoms. The fraction of sp³-hybridized carbons (Fsp3) is 0.333. The van der Waals surface area contributed by atoms with Gasteiger partial charge in [0.25, 0.3) is 0 Å². The van der Waals surface area contributed by atoms with Crippen LogP contribution < -0.4 is 9.97 Å². The van der Waals surface area contributed by atoms with Gasteiger partial charge in [0.2, 0.25) is 0 Å². The van der Waals surface area contributed by atoms with Gasteiger partial charge in [-0.05, 0) is 0 Å². The third-order valence-corrected chi connectivity index (χ3v) is 1.84. The van der Waals surface area contributed by atoms with Crippen LogP contribution in [0.2, 0.25) is 0 Å². The average Bonchev–Trinajstić information content (AvgIpc) is 1.86. The number of rotatable bonds is 1. The third kappa shape index (κ3) is 2.10. The van der Waals surface area contributed by atoms with Gasteiger partial charge in [0.1, 0.15) is 0 Å². The van der Waals surface area contributed by atoms with E-state index >= 15 is 0 Å². The zero-order chi connectivity index (χ0) is 8.48. The van der Waals surface area contributed by atoms with Crippen molar-refractivity contribution in [1.82, 2.24) is 0 Å². The first-order valence-corrected chi connectivity index (χ1v) is 3.87. The van der Waals surface area contributed by atoms with Crippen LogP contribution in [-0.4, -0.2) is 17.7 Å². The predicted octanol–water partition coefficient (Wildman–Crippen LogP) is 0.674. The molecule has 1 rings (SSSR count). The number of nitrogens with two attached hydrogens (primary N) is 1. The quantitative estimate of drug-likeness (QED) is 0.571. The van der Waals surface area contributed by atoms with E-state index < -0.39 is 0 Å². The molecule has 1 aromatic carbocycles. The summed E-state index contributed by atoms with van der Waals surface area (Å²) >= 11 is 2.09. The van der Waals surface area contributed by atoms with E-state index in [-0.39, 0.29) is 5.54 Å². The second-order valence-electron chi connectivity index (χ2n) is 3.54. The summed E-state index contributed by atoms with van der Waals surface area (Å²) in [5, 5.41) is 0.